The number of likely N-dealkylation sites (N-methyl/N-ethyl adjacent to an activating group) is 1. The van der Waals surface area contributed by atoms with E-state index in [-0.39, 0.29) is 30.3 Å². The molecule has 86 valence electrons. The highest BCUT2D eigenvalue weighted by atomic mass is 16.5. The fourth-order valence-electron chi connectivity index (χ4n) is 1.66. The predicted molar refractivity (Wildman–Crippen MR) is 55.3 cm³/mol. The molecule has 2 amide bonds. The van der Waals surface area contributed by atoms with Gasteiger partial charge in [0.15, 0.2) is 0 Å². The Hall–Kier alpha value is -0.940. The zero-order valence-corrected chi connectivity index (χ0v) is 9.45. The Kier molecular flexibility index (Phi) is 4.23. The summed E-state index contributed by atoms with van der Waals surface area (Å²) in [6, 6.07) is -0.245. The average Bonchev–Trinajstić information content (AvgIpc) is 2.46. The van der Waals surface area contributed by atoms with E-state index in [4.69, 9.17) is 4.74 Å². The highest BCUT2D eigenvalue weighted by Gasteiger charge is 2.36. The molecule has 1 heterocycles. The van der Waals surface area contributed by atoms with Crippen LogP contribution >= 0.6 is 0 Å². The van der Waals surface area contributed by atoms with Crippen LogP contribution in [0.15, 0.2) is 0 Å². The minimum Gasteiger partial charge on any atom is -0.383 e. The van der Waals surface area contributed by atoms with Crippen LogP contribution < -0.4 is 5.32 Å². The summed E-state index contributed by atoms with van der Waals surface area (Å²) >= 11 is 0. The topological polar surface area (TPSA) is 58.6 Å². The van der Waals surface area contributed by atoms with Crippen molar-refractivity contribution in [1.82, 2.24) is 10.2 Å². The van der Waals surface area contributed by atoms with Gasteiger partial charge in [0.05, 0.1) is 19.1 Å². The number of carbonyl (C=O) groups excluding carboxylic acids is 2. The number of ether oxygens (including phenoxy) is 1. The summed E-state index contributed by atoms with van der Waals surface area (Å²) < 4.78 is 5.02. The lowest BCUT2D eigenvalue weighted by Crippen LogP contribution is -2.44. The zero-order valence-electron chi connectivity index (χ0n) is 9.45. The van der Waals surface area contributed by atoms with Gasteiger partial charge in [-0.1, -0.05) is 6.92 Å². The van der Waals surface area contributed by atoms with Crippen molar-refractivity contribution < 1.29 is 14.3 Å². The van der Waals surface area contributed by atoms with Crippen molar-refractivity contribution in [2.75, 3.05) is 20.8 Å². The quantitative estimate of drug-likeness (QED) is 0.642. The second-order valence-corrected chi connectivity index (χ2v) is 3.77. The number of methoxy groups -OCH3 is 1. The van der Waals surface area contributed by atoms with Gasteiger partial charge >= 0.3 is 0 Å². The van der Waals surface area contributed by atoms with Crippen LogP contribution in [0.4, 0.5) is 0 Å². The minimum atomic E-state index is -0.373. The fourth-order valence-corrected chi connectivity index (χ4v) is 1.66. The zero-order chi connectivity index (χ0) is 11.4. The maximum atomic E-state index is 11.6. The van der Waals surface area contributed by atoms with Crippen molar-refractivity contribution in [3.63, 3.8) is 0 Å². The van der Waals surface area contributed by atoms with Crippen molar-refractivity contribution in [3.05, 3.63) is 0 Å². The van der Waals surface area contributed by atoms with Crippen LogP contribution in [-0.4, -0.2) is 49.6 Å². The third-order valence-electron chi connectivity index (χ3n) is 2.68. The first kappa shape index (κ1) is 12.1. The Bertz CT molecular complexity index is 255. The van der Waals surface area contributed by atoms with Crippen molar-refractivity contribution in [1.29, 1.82) is 0 Å². The van der Waals surface area contributed by atoms with E-state index >= 15 is 0 Å². The van der Waals surface area contributed by atoms with Crippen LogP contribution in [0.1, 0.15) is 19.8 Å². The van der Waals surface area contributed by atoms with Gasteiger partial charge in [-0.25, -0.2) is 0 Å². The number of amides is 2. The molecule has 15 heavy (non-hydrogen) atoms. The third-order valence-corrected chi connectivity index (χ3v) is 2.68. The molecule has 0 saturated carbocycles. The lowest BCUT2D eigenvalue weighted by Gasteiger charge is -2.19. The molecule has 0 aromatic rings. The number of carbonyl (C=O) groups is 2. The number of rotatable bonds is 5. The van der Waals surface area contributed by atoms with Crippen LogP contribution in [0.25, 0.3) is 0 Å². The number of hydrogen-bond donors (Lipinski definition) is 1. The van der Waals surface area contributed by atoms with Gasteiger partial charge in [0, 0.05) is 20.2 Å². The maximum absolute atomic E-state index is 11.6. The Balaban J connectivity index is 2.51. The molecule has 1 N–H and O–H groups in total. The lowest BCUT2D eigenvalue weighted by atomic mass is 10.1. The van der Waals surface area contributed by atoms with E-state index in [1.54, 1.807) is 7.11 Å². The van der Waals surface area contributed by atoms with Gasteiger partial charge in [0.2, 0.25) is 11.8 Å². The molecular formula is C10H18N2O3. The highest BCUT2D eigenvalue weighted by Crippen LogP contribution is 2.11. The number of imide groups is 1. The van der Waals surface area contributed by atoms with Crippen molar-refractivity contribution in [3.8, 4) is 0 Å². The second kappa shape index (κ2) is 5.23. The van der Waals surface area contributed by atoms with E-state index in [0.717, 1.165) is 6.42 Å². The van der Waals surface area contributed by atoms with Crippen LogP contribution in [-0.2, 0) is 14.3 Å². The molecule has 0 aliphatic carbocycles. The first-order valence-corrected chi connectivity index (χ1v) is 5.15. The molecule has 2 atom stereocenters. The average molecular weight is 214 g/mol. The fraction of sp³-hybridized carbons (Fsp3) is 0.800. The molecule has 2 unspecified atom stereocenters. The molecule has 1 rings (SSSR count). The lowest BCUT2D eigenvalue weighted by molar-refractivity contribution is -0.137. The van der Waals surface area contributed by atoms with E-state index in [1.807, 2.05) is 6.92 Å². The molecule has 0 aromatic carbocycles. The Morgan fingerprint density at radius 1 is 1.60 bits per heavy atom. The van der Waals surface area contributed by atoms with E-state index in [0.29, 0.717) is 6.61 Å². The van der Waals surface area contributed by atoms with Crippen molar-refractivity contribution in [2.24, 2.45) is 0 Å². The predicted octanol–water partition coefficient (Wildman–Crippen LogP) is -0.242. The van der Waals surface area contributed by atoms with E-state index < -0.39 is 0 Å². The SMILES string of the molecule is CCC(COC)NC1CC(=O)N(C)C1=O. The number of hydrogen-bond acceptors (Lipinski definition) is 4. The summed E-state index contributed by atoms with van der Waals surface area (Å²) in [5.74, 6) is -0.265. The van der Waals surface area contributed by atoms with Gasteiger partial charge in [-0.05, 0) is 6.42 Å². The standard InChI is InChI=1S/C10H18N2O3/c1-4-7(6-15-3)11-8-5-9(13)12(2)10(8)14/h7-8,11H,4-6H2,1-3H3. The monoisotopic (exact) mass is 214 g/mol. The molecule has 0 spiro atoms. The van der Waals surface area contributed by atoms with Gasteiger partial charge in [-0.3, -0.25) is 14.5 Å². The first-order valence-electron chi connectivity index (χ1n) is 5.15. The minimum absolute atomic E-state index is 0.121. The first-order chi connectivity index (χ1) is 7.10. The second-order valence-electron chi connectivity index (χ2n) is 3.77. The summed E-state index contributed by atoms with van der Waals surface area (Å²) in [4.78, 5) is 24.0. The van der Waals surface area contributed by atoms with E-state index in [1.165, 1.54) is 11.9 Å². The molecule has 5 heteroatoms. The number of nitrogens with one attached hydrogen (secondary N) is 1. The van der Waals surface area contributed by atoms with E-state index in [2.05, 4.69) is 5.32 Å². The Morgan fingerprint density at radius 3 is 2.67 bits per heavy atom. The highest BCUT2D eigenvalue weighted by molar-refractivity contribution is 6.05. The summed E-state index contributed by atoms with van der Waals surface area (Å²) in [6.45, 7) is 2.57. The third kappa shape index (κ3) is 2.76. The maximum Gasteiger partial charge on any atom is 0.246 e. The molecule has 0 radical (unpaired) electrons. The largest absolute Gasteiger partial charge is 0.383 e. The van der Waals surface area contributed by atoms with Gasteiger partial charge < -0.3 is 10.1 Å². The van der Waals surface area contributed by atoms with E-state index in [9.17, 15) is 9.59 Å². The summed E-state index contributed by atoms with van der Waals surface area (Å²) in [5, 5.41) is 3.14. The summed E-state index contributed by atoms with van der Waals surface area (Å²) in [6.07, 6.45) is 1.13. The number of nitrogens with zero attached hydrogens (tertiary/aromatic N) is 1. The molecule has 1 aliphatic rings. The molecule has 0 aromatic heterocycles. The van der Waals surface area contributed by atoms with Crippen molar-refractivity contribution >= 4 is 11.8 Å². The van der Waals surface area contributed by atoms with Crippen LogP contribution in [0.3, 0.4) is 0 Å². The van der Waals surface area contributed by atoms with Gasteiger partial charge in [-0.15, -0.1) is 0 Å². The van der Waals surface area contributed by atoms with Crippen LogP contribution in [0.5, 0.6) is 0 Å². The molecule has 1 fully saturated rings. The van der Waals surface area contributed by atoms with Gasteiger partial charge in [-0.2, -0.15) is 0 Å². The van der Waals surface area contributed by atoms with Crippen molar-refractivity contribution in [2.45, 2.75) is 31.8 Å². The molecule has 0 bridgehead atoms. The molecular weight excluding hydrogens is 196 g/mol. The van der Waals surface area contributed by atoms with Gasteiger partial charge in [0.25, 0.3) is 0 Å². The Labute approximate surface area is 89.8 Å². The molecule has 1 aliphatic heterocycles. The number of likely N-dealkylation sites (tertiary alicyclic amines) is 1. The normalized spacial score (nSPS) is 23.7. The summed E-state index contributed by atoms with van der Waals surface area (Å²) in [5.41, 5.74) is 0. The smallest absolute Gasteiger partial charge is 0.246 e. The molecule has 1 saturated heterocycles. The summed E-state index contributed by atoms with van der Waals surface area (Å²) in [7, 11) is 3.14. The van der Waals surface area contributed by atoms with Crippen LogP contribution in [0, 0.1) is 0 Å². The Morgan fingerprint density at radius 2 is 2.27 bits per heavy atom. The van der Waals surface area contributed by atoms with Gasteiger partial charge in [0.1, 0.15) is 0 Å². The van der Waals surface area contributed by atoms with Crippen LogP contribution in [0.2, 0.25) is 0 Å². The molecule has 5 nitrogen and oxygen atoms in total.